The van der Waals surface area contributed by atoms with Crippen molar-refractivity contribution in [3.63, 3.8) is 0 Å². The Morgan fingerprint density at radius 2 is 1.63 bits per heavy atom. The predicted octanol–water partition coefficient (Wildman–Crippen LogP) is 2.35. The van der Waals surface area contributed by atoms with Gasteiger partial charge < -0.3 is 0 Å². The van der Waals surface area contributed by atoms with E-state index in [9.17, 15) is 14.4 Å². The Hall–Kier alpha value is -3.85. The van der Waals surface area contributed by atoms with E-state index in [1.54, 1.807) is 31.2 Å². The minimum atomic E-state index is -0.637. The second-order valence-electron chi connectivity index (χ2n) is 6.54. The fraction of sp³-hybridized carbons (Fsp3) is 0.0952. The highest BCUT2D eigenvalue weighted by Crippen LogP contribution is 2.20. The van der Waals surface area contributed by atoms with Crippen LogP contribution >= 0.6 is 11.3 Å². The van der Waals surface area contributed by atoms with Gasteiger partial charge in [0.25, 0.3) is 17.4 Å². The zero-order chi connectivity index (χ0) is 21.1. The van der Waals surface area contributed by atoms with Gasteiger partial charge in [-0.3, -0.25) is 25.2 Å². The maximum atomic E-state index is 12.6. The first-order valence-electron chi connectivity index (χ1n) is 9.11. The molecule has 0 radical (unpaired) electrons. The van der Waals surface area contributed by atoms with Crippen molar-refractivity contribution in [2.24, 2.45) is 0 Å². The molecule has 4 aromatic rings. The first kappa shape index (κ1) is 19.5. The predicted molar refractivity (Wildman–Crippen MR) is 113 cm³/mol. The van der Waals surface area contributed by atoms with Gasteiger partial charge in [0.15, 0.2) is 5.69 Å². The van der Waals surface area contributed by atoms with Crippen molar-refractivity contribution < 1.29 is 9.59 Å². The molecule has 0 aliphatic carbocycles. The quantitative estimate of drug-likeness (QED) is 0.439. The number of carbonyl (C=O) groups excluding carboxylic acids is 2. The summed E-state index contributed by atoms with van der Waals surface area (Å²) in [6, 6.07) is 16.5. The van der Waals surface area contributed by atoms with Crippen molar-refractivity contribution in [1.29, 1.82) is 0 Å². The highest BCUT2D eigenvalue weighted by Gasteiger charge is 2.18. The number of aromatic nitrogens is 3. The molecule has 4 rings (SSSR count). The Kier molecular flexibility index (Phi) is 5.36. The van der Waals surface area contributed by atoms with Gasteiger partial charge >= 0.3 is 0 Å². The van der Waals surface area contributed by atoms with Crippen molar-refractivity contribution >= 4 is 33.9 Å². The number of hydrogen-bond donors (Lipinski definition) is 3. The molecule has 9 heteroatoms. The van der Waals surface area contributed by atoms with E-state index in [2.05, 4.69) is 26.0 Å². The lowest BCUT2D eigenvalue weighted by molar-refractivity contribution is 0.0846. The Morgan fingerprint density at radius 3 is 2.40 bits per heavy atom. The number of nitrogens with one attached hydrogen (secondary N) is 3. The van der Waals surface area contributed by atoms with Crippen molar-refractivity contribution in [3.05, 3.63) is 91.8 Å². The van der Waals surface area contributed by atoms with E-state index < -0.39 is 17.4 Å². The molecule has 2 aromatic heterocycles. The lowest BCUT2D eigenvalue weighted by Crippen LogP contribution is -2.42. The van der Waals surface area contributed by atoms with E-state index in [4.69, 9.17) is 0 Å². The molecule has 2 amide bonds. The molecule has 0 saturated heterocycles. The third-order valence-corrected chi connectivity index (χ3v) is 5.60. The molecular weight excluding hydrogens is 402 g/mol. The number of aromatic amines is 1. The average Bonchev–Trinajstić information content (AvgIpc) is 3.13. The van der Waals surface area contributed by atoms with Gasteiger partial charge in [-0.05, 0) is 18.6 Å². The molecule has 0 saturated carbocycles. The molecule has 8 nitrogen and oxygen atoms in total. The number of benzene rings is 2. The van der Waals surface area contributed by atoms with E-state index >= 15 is 0 Å². The highest BCUT2D eigenvalue weighted by molar-refractivity contribution is 7.13. The van der Waals surface area contributed by atoms with Crippen molar-refractivity contribution in [2.75, 3.05) is 0 Å². The molecule has 0 spiro atoms. The minimum Gasteiger partial charge on any atom is -0.267 e. The first-order valence-corrected chi connectivity index (χ1v) is 9.93. The molecule has 0 fully saturated rings. The van der Waals surface area contributed by atoms with E-state index in [1.165, 1.54) is 11.3 Å². The number of thiazole rings is 1. The van der Waals surface area contributed by atoms with E-state index in [0.717, 1.165) is 10.6 Å². The molecule has 0 atom stereocenters. The molecular formula is C21H17N5O3S. The van der Waals surface area contributed by atoms with Crippen LogP contribution in [0.2, 0.25) is 0 Å². The average molecular weight is 419 g/mol. The summed E-state index contributed by atoms with van der Waals surface area (Å²) in [4.78, 5) is 41.8. The van der Waals surface area contributed by atoms with E-state index in [-0.39, 0.29) is 5.69 Å². The number of amides is 2. The molecule has 2 heterocycles. The van der Waals surface area contributed by atoms with Crippen LogP contribution in [0.1, 0.15) is 36.4 Å². The van der Waals surface area contributed by atoms with Crippen LogP contribution in [0.3, 0.4) is 0 Å². The second-order valence-corrected chi connectivity index (χ2v) is 7.62. The fourth-order valence-electron chi connectivity index (χ4n) is 3.03. The van der Waals surface area contributed by atoms with Gasteiger partial charge in [0.05, 0.1) is 16.1 Å². The van der Waals surface area contributed by atoms with E-state index in [0.29, 0.717) is 27.8 Å². The molecule has 150 valence electrons. The Labute approximate surface area is 175 Å². The van der Waals surface area contributed by atoms with Crippen LogP contribution in [-0.2, 0) is 6.42 Å². The van der Waals surface area contributed by atoms with Crippen LogP contribution in [0.5, 0.6) is 0 Å². The zero-order valence-corrected chi connectivity index (χ0v) is 16.7. The summed E-state index contributed by atoms with van der Waals surface area (Å²) in [6.45, 7) is 1.75. The van der Waals surface area contributed by atoms with Crippen molar-refractivity contribution in [3.8, 4) is 0 Å². The Balaban J connectivity index is 1.47. The summed E-state index contributed by atoms with van der Waals surface area (Å²) < 4.78 is 0. The number of carbonyl (C=O) groups is 2. The van der Waals surface area contributed by atoms with Crippen molar-refractivity contribution in [1.82, 2.24) is 26.0 Å². The van der Waals surface area contributed by atoms with Gasteiger partial charge in [-0.2, -0.15) is 5.10 Å². The summed E-state index contributed by atoms with van der Waals surface area (Å²) in [6.07, 6.45) is 0.624. The molecule has 0 bridgehead atoms. The summed E-state index contributed by atoms with van der Waals surface area (Å²) in [5.41, 5.74) is 6.05. The van der Waals surface area contributed by atoms with Gasteiger partial charge in [-0.25, -0.2) is 10.1 Å². The maximum Gasteiger partial charge on any atom is 0.290 e. The van der Waals surface area contributed by atoms with E-state index in [1.807, 2.05) is 30.3 Å². The Morgan fingerprint density at radius 1 is 0.967 bits per heavy atom. The lowest BCUT2D eigenvalue weighted by Gasteiger charge is -2.07. The van der Waals surface area contributed by atoms with Gasteiger partial charge in [0.2, 0.25) is 0 Å². The molecule has 0 unspecified atom stereocenters. The summed E-state index contributed by atoms with van der Waals surface area (Å²) in [7, 11) is 0. The molecule has 2 aromatic carbocycles. The molecule has 0 aliphatic rings. The summed E-state index contributed by atoms with van der Waals surface area (Å²) in [5, 5.41) is 7.65. The smallest absolute Gasteiger partial charge is 0.267 e. The zero-order valence-electron chi connectivity index (χ0n) is 15.9. The molecule has 3 N–H and O–H groups in total. The third-order valence-electron chi connectivity index (χ3n) is 4.45. The van der Waals surface area contributed by atoms with Gasteiger partial charge in [0, 0.05) is 11.8 Å². The standard InChI is InChI=1S/C21H17N5O3S/c1-12-18(30-16(22-12)11-13-7-3-2-4-8-13)21(29)26-25-20(28)17-14-9-5-6-10-15(14)19(27)24-23-17/h2-10H,11H2,1H3,(H,24,27)(H,25,28)(H,26,29). The maximum absolute atomic E-state index is 12.6. The van der Waals surface area contributed by atoms with Crippen LogP contribution in [0.15, 0.2) is 59.4 Å². The lowest BCUT2D eigenvalue weighted by atomic mass is 10.1. The van der Waals surface area contributed by atoms with Gasteiger partial charge in [-0.1, -0.05) is 48.5 Å². The topological polar surface area (TPSA) is 117 Å². The number of hydrogen-bond acceptors (Lipinski definition) is 6. The fourth-order valence-corrected chi connectivity index (χ4v) is 4.02. The van der Waals surface area contributed by atoms with Crippen LogP contribution in [0.25, 0.3) is 10.8 Å². The number of H-pyrrole nitrogens is 1. The number of nitrogens with zero attached hydrogens (tertiary/aromatic N) is 2. The summed E-state index contributed by atoms with van der Waals surface area (Å²) >= 11 is 1.28. The van der Waals surface area contributed by atoms with Crippen LogP contribution < -0.4 is 16.4 Å². The van der Waals surface area contributed by atoms with Crippen molar-refractivity contribution in [2.45, 2.75) is 13.3 Å². The second kappa shape index (κ2) is 8.26. The number of hydrazine groups is 1. The van der Waals surface area contributed by atoms with Crippen LogP contribution in [0.4, 0.5) is 0 Å². The normalized spacial score (nSPS) is 10.7. The third kappa shape index (κ3) is 3.96. The largest absolute Gasteiger partial charge is 0.290 e. The highest BCUT2D eigenvalue weighted by atomic mass is 32.1. The van der Waals surface area contributed by atoms with Gasteiger partial charge in [-0.15, -0.1) is 11.3 Å². The molecule has 0 aliphatic heterocycles. The Bertz CT molecular complexity index is 1300. The van der Waals surface area contributed by atoms with Crippen LogP contribution in [0, 0.1) is 6.92 Å². The number of fused-ring (bicyclic) bond motifs is 1. The number of rotatable bonds is 4. The number of aryl methyl sites for hydroxylation is 1. The minimum absolute atomic E-state index is 0.0105. The summed E-state index contributed by atoms with van der Waals surface area (Å²) in [5.74, 6) is -1.10. The SMILES string of the molecule is Cc1nc(Cc2ccccc2)sc1C(=O)NNC(=O)c1n[nH]c(=O)c2ccccc12. The van der Waals surface area contributed by atoms with Crippen LogP contribution in [-0.4, -0.2) is 27.0 Å². The first-order chi connectivity index (χ1) is 14.5. The van der Waals surface area contributed by atoms with Gasteiger partial charge in [0.1, 0.15) is 4.88 Å². The monoisotopic (exact) mass is 419 g/mol. The molecule has 30 heavy (non-hydrogen) atoms.